The Balaban J connectivity index is 1.94. The van der Waals surface area contributed by atoms with Crippen LogP contribution in [0.5, 0.6) is 5.75 Å². The van der Waals surface area contributed by atoms with Crippen molar-refractivity contribution >= 4 is 5.69 Å². The van der Waals surface area contributed by atoms with E-state index in [0.717, 1.165) is 36.5 Å². The van der Waals surface area contributed by atoms with Gasteiger partial charge in [0.15, 0.2) is 0 Å². The van der Waals surface area contributed by atoms with E-state index in [1.165, 1.54) is 22.4 Å². The van der Waals surface area contributed by atoms with Crippen molar-refractivity contribution in [3.63, 3.8) is 0 Å². The van der Waals surface area contributed by atoms with Gasteiger partial charge in [-0.1, -0.05) is 20.8 Å². The molecule has 132 valence electrons. The summed E-state index contributed by atoms with van der Waals surface area (Å²) in [6, 6.07) is 4.29. The van der Waals surface area contributed by atoms with Gasteiger partial charge in [-0.25, -0.2) is 9.97 Å². The number of aryl methyl sites for hydroxylation is 2. The van der Waals surface area contributed by atoms with Crippen molar-refractivity contribution in [3.8, 4) is 5.75 Å². The zero-order valence-corrected chi connectivity index (χ0v) is 15.8. The first-order chi connectivity index (χ1) is 11.8. The van der Waals surface area contributed by atoms with Gasteiger partial charge in [-0.3, -0.25) is 0 Å². The largest absolute Gasteiger partial charge is 0.495 e. The van der Waals surface area contributed by atoms with Crippen LogP contribution in [0.3, 0.4) is 0 Å². The molecule has 0 spiro atoms. The number of ether oxygens (including phenoxy) is 1. The van der Waals surface area contributed by atoms with Crippen molar-refractivity contribution in [2.24, 2.45) is 5.92 Å². The number of nitrogens with zero attached hydrogens (tertiary/aromatic N) is 2. The number of fused-ring (bicyclic) bond motifs is 4. The van der Waals surface area contributed by atoms with Gasteiger partial charge in [-0.15, -0.1) is 0 Å². The quantitative estimate of drug-likeness (QED) is 0.806. The molecule has 2 aliphatic rings. The fourth-order valence-electron chi connectivity index (χ4n) is 5.48. The van der Waals surface area contributed by atoms with Gasteiger partial charge in [0.1, 0.15) is 11.6 Å². The van der Waals surface area contributed by atoms with E-state index in [4.69, 9.17) is 15.5 Å². The maximum absolute atomic E-state index is 6.17. The van der Waals surface area contributed by atoms with Gasteiger partial charge in [-0.05, 0) is 60.9 Å². The van der Waals surface area contributed by atoms with E-state index in [2.05, 4.69) is 37.9 Å². The van der Waals surface area contributed by atoms with E-state index in [1.807, 2.05) is 13.1 Å². The minimum absolute atomic E-state index is 0.0162. The highest BCUT2D eigenvalue weighted by Crippen LogP contribution is 2.56. The number of hydrogen-bond donors (Lipinski definition) is 1. The lowest BCUT2D eigenvalue weighted by Crippen LogP contribution is -2.52. The van der Waals surface area contributed by atoms with Crippen molar-refractivity contribution < 1.29 is 4.74 Å². The molecule has 0 radical (unpaired) electrons. The lowest BCUT2D eigenvalue weighted by Gasteiger charge is -2.54. The summed E-state index contributed by atoms with van der Waals surface area (Å²) in [6.45, 7) is 9.07. The topological polar surface area (TPSA) is 61.0 Å². The number of hydrogen-bond acceptors (Lipinski definition) is 4. The molecule has 0 saturated carbocycles. The Hall–Kier alpha value is -2.10. The molecule has 2 N–H and O–H groups in total. The van der Waals surface area contributed by atoms with Crippen LogP contribution in [0.1, 0.15) is 55.4 Å². The molecule has 4 heteroatoms. The Morgan fingerprint density at radius 1 is 1.20 bits per heavy atom. The van der Waals surface area contributed by atoms with Crippen LogP contribution in [0.2, 0.25) is 0 Å². The maximum atomic E-state index is 6.17. The summed E-state index contributed by atoms with van der Waals surface area (Å²) in [5.41, 5.74) is 12.2. The molecule has 25 heavy (non-hydrogen) atoms. The average Bonchev–Trinajstić information content (AvgIpc) is 2.55. The molecular formula is C21H27N3O. The number of methoxy groups -OCH3 is 1. The van der Waals surface area contributed by atoms with Crippen LogP contribution in [-0.4, -0.2) is 17.1 Å². The molecule has 4 rings (SSSR count). The zero-order chi connectivity index (χ0) is 18.0. The molecule has 0 fully saturated rings. The summed E-state index contributed by atoms with van der Waals surface area (Å²) in [4.78, 5) is 9.31. The SMILES string of the molecule is COc1cc2c(cc1N)CCC1C(C)(C)c3nc(C)ncc3C[C@]21C. The molecule has 2 aromatic rings. The minimum atomic E-state index is 0.0162. The van der Waals surface area contributed by atoms with Gasteiger partial charge in [0.25, 0.3) is 0 Å². The molecule has 0 saturated heterocycles. The lowest BCUT2D eigenvalue weighted by atomic mass is 9.50. The van der Waals surface area contributed by atoms with E-state index in [9.17, 15) is 0 Å². The molecule has 0 bridgehead atoms. The second-order valence-corrected chi connectivity index (χ2v) is 8.45. The first-order valence-corrected chi connectivity index (χ1v) is 9.07. The van der Waals surface area contributed by atoms with Crippen LogP contribution in [0.15, 0.2) is 18.3 Å². The van der Waals surface area contributed by atoms with Crippen molar-refractivity contribution in [2.75, 3.05) is 12.8 Å². The van der Waals surface area contributed by atoms with Gasteiger partial charge in [0.2, 0.25) is 0 Å². The Morgan fingerprint density at radius 2 is 1.96 bits per heavy atom. The fraction of sp³-hybridized carbons (Fsp3) is 0.524. The molecular weight excluding hydrogens is 310 g/mol. The Kier molecular flexibility index (Phi) is 3.40. The van der Waals surface area contributed by atoms with E-state index >= 15 is 0 Å². The average molecular weight is 337 g/mol. The van der Waals surface area contributed by atoms with Gasteiger partial charge in [0, 0.05) is 17.0 Å². The fourth-order valence-corrected chi connectivity index (χ4v) is 5.48. The van der Waals surface area contributed by atoms with Crippen LogP contribution in [-0.2, 0) is 23.7 Å². The van der Waals surface area contributed by atoms with Crippen LogP contribution in [0, 0.1) is 12.8 Å². The van der Waals surface area contributed by atoms with Crippen LogP contribution >= 0.6 is 0 Å². The summed E-state index contributed by atoms with van der Waals surface area (Å²) in [7, 11) is 1.69. The summed E-state index contributed by atoms with van der Waals surface area (Å²) < 4.78 is 5.52. The Bertz CT molecular complexity index is 858. The highest BCUT2D eigenvalue weighted by molar-refractivity contribution is 5.60. The van der Waals surface area contributed by atoms with Crippen LogP contribution < -0.4 is 10.5 Å². The number of anilines is 1. The number of rotatable bonds is 1. The Morgan fingerprint density at radius 3 is 2.68 bits per heavy atom. The molecule has 1 unspecified atom stereocenters. The van der Waals surface area contributed by atoms with E-state index in [-0.39, 0.29) is 10.8 Å². The van der Waals surface area contributed by atoms with Gasteiger partial charge in [0.05, 0.1) is 18.5 Å². The molecule has 2 aliphatic carbocycles. The highest BCUT2D eigenvalue weighted by Gasteiger charge is 2.53. The molecule has 4 nitrogen and oxygen atoms in total. The zero-order valence-electron chi connectivity index (χ0n) is 15.8. The van der Waals surface area contributed by atoms with Crippen molar-refractivity contribution in [1.29, 1.82) is 0 Å². The molecule has 1 aromatic carbocycles. The maximum Gasteiger partial charge on any atom is 0.142 e. The van der Waals surface area contributed by atoms with Crippen molar-refractivity contribution in [2.45, 2.75) is 57.8 Å². The summed E-state index contributed by atoms with van der Waals surface area (Å²) in [5.74, 6) is 2.17. The number of aromatic nitrogens is 2. The Labute approximate surface area is 149 Å². The van der Waals surface area contributed by atoms with Crippen molar-refractivity contribution in [1.82, 2.24) is 9.97 Å². The second kappa shape index (κ2) is 5.20. The first kappa shape index (κ1) is 16.4. The van der Waals surface area contributed by atoms with Crippen LogP contribution in [0.4, 0.5) is 5.69 Å². The molecule has 1 aromatic heterocycles. The third kappa shape index (κ3) is 2.19. The predicted octanol–water partition coefficient (Wildman–Crippen LogP) is 3.73. The third-order valence-electron chi connectivity index (χ3n) is 6.57. The van der Waals surface area contributed by atoms with Gasteiger partial charge >= 0.3 is 0 Å². The van der Waals surface area contributed by atoms with E-state index in [0.29, 0.717) is 5.92 Å². The van der Waals surface area contributed by atoms with E-state index in [1.54, 1.807) is 7.11 Å². The number of nitrogen functional groups attached to an aromatic ring is 1. The lowest BCUT2D eigenvalue weighted by molar-refractivity contribution is 0.134. The molecule has 2 atom stereocenters. The molecule has 1 heterocycles. The van der Waals surface area contributed by atoms with Gasteiger partial charge in [-0.2, -0.15) is 0 Å². The van der Waals surface area contributed by atoms with Crippen molar-refractivity contribution in [3.05, 3.63) is 46.5 Å². The van der Waals surface area contributed by atoms with E-state index < -0.39 is 0 Å². The normalized spacial score (nSPS) is 26.4. The predicted molar refractivity (Wildman–Crippen MR) is 100 cm³/mol. The first-order valence-electron chi connectivity index (χ1n) is 9.07. The summed E-state index contributed by atoms with van der Waals surface area (Å²) >= 11 is 0. The monoisotopic (exact) mass is 337 g/mol. The number of benzene rings is 1. The highest BCUT2D eigenvalue weighted by atomic mass is 16.5. The summed E-state index contributed by atoms with van der Waals surface area (Å²) in [6.07, 6.45) is 5.22. The summed E-state index contributed by atoms with van der Waals surface area (Å²) in [5, 5.41) is 0. The van der Waals surface area contributed by atoms with Gasteiger partial charge < -0.3 is 10.5 Å². The molecule has 0 amide bonds. The smallest absolute Gasteiger partial charge is 0.142 e. The molecule has 0 aliphatic heterocycles. The third-order valence-corrected chi connectivity index (χ3v) is 6.57. The number of nitrogens with two attached hydrogens (primary N) is 1. The standard InChI is InChI=1S/C21H27N3O/c1-12-23-11-14-10-21(4)15-9-17(25-5)16(22)8-13(15)6-7-18(21)20(2,3)19(14)24-12/h8-9,11,18H,6-7,10,22H2,1-5H3/t18?,21-/m1/s1. The van der Waals surface area contributed by atoms with Crippen LogP contribution in [0.25, 0.3) is 0 Å². The second-order valence-electron chi connectivity index (χ2n) is 8.45. The minimum Gasteiger partial charge on any atom is -0.495 e.